The molecule has 0 aromatic heterocycles. The maximum atomic E-state index is 6.11. The Bertz CT molecular complexity index is 819. The molecule has 1 aliphatic heterocycles. The lowest BCUT2D eigenvalue weighted by atomic mass is 10.1. The largest absolute Gasteiger partial charge is 0.490 e. The second kappa shape index (κ2) is 9.04. The predicted molar refractivity (Wildman–Crippen MR) is 108 cm³/mol. The third-order valence-electron chi connectivity index (χ3n) is 4.65. The summed E-state index contributed by atoms with van der Waals surface area (Å²) in [6, 6.07) is 25.1. The van der Waals surface area contributed by atoms with Crippen molar-refractivity contribution in [3.63, 3.8) is 0 Å². The number of halogens is 1. The summed E-state index contributed by atoms with van der Waals surface area (Å²) < 4.78 is 12.0. The van der Waals surface area contributed by atoms with Crippen LogP contribution in [-0.2, 0) is 11.3 Å². The fourth-order valence-electron chi connectivity index (χ4n) is 3.37. The van der Waals surface area contributed by atoms with Crippen molar-refractivity contribution in [3.05, 3.63) is 78.4 Å². The number of fused-ring (bicyclic) bond motifs is 1. The van der Waals surface area contributed by atoms with Crippen LogP contribution in [0.1, 0.15) is 5.56 Å². The molecule has 0 spiro atoms. The molecule has 4 heteroatoms. The average molecular weight is 370 g/mol. The molecule has 0 aliphatic carbocycles. The van der Waals surface area contributed by atoms with Gasteiger partial charge in [0, 0.05) is 25.0 Å². The minimum absolute atomic E-state index is 0. The van der Waals surface area contributed by atoms with Crippen molar-refractivity contribution in [2.45, 2.75) is 12.6 Å². The van der Waals surface area contributed by atoms with Crippen molar-refractivity contribution in [3.8, 4) is 5.75 Å². The lowest BCUT2D eigenvalue weighted by Crippen LogP contribution is -2.44. The van der Waals surface area contributed by atoms with Crippen LogP contribution in [0.25, 0.3) is 10.8 Å². The topological polar surface area (TPSA) is 21.7 Å². The van der Waals surface area contributed by atoms with Crippen molar-refractivity contribution < 1.29 is 9.47 Å². The van der Waals surface area contributed by atoms with Crippen LogP contribution in [0, 0.1) is 0 Å². The molecule has 0 radical (unpaired) electrons. The smallest absolute Gasteiger partial charge is 0.127 e. The summed E-state index contributed by atoms with van der Waals surface area (Å²) in [4.78, 5) is 2.44. The van der Waals surface area contributed by atoms with E-state index < -0.39 is 0 Å². The zero-order chi connectivity index (χ0) is 16.9. The second-order valence-electron chi connectivity index (χ2n) is 6.50. The lowest BCUT2D eigenvalue weighted by Gasteiger charge is -2.32. The number of nitrogens with zero attached hydrogens (tertiary/aromatic N) is 1. The normalized spacial score (nSPS) is 17.6. The zero-order valence-electron chi connectivity index (χ0n) is 14.7. The molecule has 0 amide bonds. The third kappa shape index (κ3) is 4.55. The summed E-state index contributed by atoms with van der Waals surface area (Å²) in [6.45, 7) is 4.18. The highest BCUT2D eigenvalue weighted by Crippen LogP contribution is 2.25. The van der Waals surface area contributed by atoms with Gasteiger partial charge in [-0.05, 0) is 17.0 Å². The highest BCUT2D eigenvalue weighted by atomic mass is 35.5. The summed E-state index contributed by atoms with van der Waals surface area (Å²) in [5.41, 5.74) is 1.35. The Kier molecular flexibility index (Phi) is 6.51. The van der Waals surface area contributed by atoms with Gasteiger partial charge in [0.05, 0.1) is 6.61 Å². The average Bonchev–Trinajstić information content (AvgIpc) is 2.67. The standard InChI is InChI=1S/C22H23NO2.ClH/c1-2-7-18(8-3-1)15-23-13-14-24-20(16-23)17-25-22-12-6-10-19-9-4-5-11-21(19)22;/h1-12,20H,13-17H2;1H. The van der Waals surface area contributed by atoms with Gasteiger partial charge in [0.1, 0.15) is 18.5 Å². The molecule has 1 fully saturated rings. The Morgan fingerprint density at radius 3 is 2.58 bits per heavy atom. The molecule has 3 nitrogen and oxygen atoms in total. The maximum absolute atomic E-state index is 6.11. The van der Waals surface area contributed by atoms with Gasteiger partial charge in [0.25, 0.3) is 0 Å². The number of hydrogen-bond donors (Lipinski definition) is 0. The summed E-state index contributed by atoms with van der Waals surface area (Å²) in [7, 11) is 0. The highest BCUT2D eigenvalue weighted by molar-refractivity contribution is 5.88. The summed E-state index contributed by atoms with van der Waals surface area (Å²) in [5, 5.41) is 2.36. The zero-order valence-corrected chi connectivity index (χ0v) is 15.5. The van der Waals surface area contributed by atoms with Crippen molar-refractivity contribution in [2.24, 2.45) is 0 Å². The van der Waals surface area contributed by atoms with E-state index in [1.165, 1.54) is 10.9 Å². The maximum Gasteiger partial charge on any atom is 0.127 e. The first-order valence-electron chi connectivity index (χ1n) is 8.87. The Morgan fingerprint density at radius 2 is 1.69 bits per heavy atom. The van der Waals surface area contributed by atoms with Crippen LogP contribution in [0.15, 0.2) is 72.8 Å². The van der Waals surface area contributed by atoms with Crippen molar-refractivity contribution in [2.75, 3.05) is 26.3 Å². The second-order valence-corrected chi connectivity index (χ2v) is 6.50. The lowest BCUT2D eigenvalue weighted by molar-refractivity contribution is -0.0502. The number of hydrogen-bond acceptors (Lipinski definition) is 3. The Morgan fingerprint density at radius 1 is 0.923 bits per heavy atom. The van der Waals surface area contributed by atoms with E-state index >= 15 is 0 Å². The van der Waals surface area contributed by atoms with Gasteiger partial charge in [-0.3, -0.25) is 4.90 Å². The fourth-order valence-corrected chi connectivity index (χ4v) is 3.37. The minimum Gasteiger partial charge on any atom is -0.490 e. The van der Waals surface area contributed by atoms with Gasteiger partial charge in [-0.15, -0.1) is 12.4 Å². The van der Waals surface area contributed by atoms with E-state index in [1.54, 1.807) is 0 Å². The molecule has 1 unspecified atom stereocenters. The Hall–Kier alpha value is -2.07. The molecule has 1 atom stereocenters. The molecular weight excluding hydrogens is 346 g/mol. The van der Waals surface area contributed by atoms with Gasteiger partial charge in [-0.25, -0.2) is 0 Å². The van der Waals surface area contributed by atoms with Gasteiger partial charge in [0.2, 0.25) is 0 Å². The monoisotopic (exact) mass is 369 g/mol. The van der Waals surface area contributed by atoms with Crippen LogP contribution in [0.4, 0.5) is 0 Å². The fraction of sp³-hybridized carbons (Fsp3) is 0.273. The van der Waals surface area contributed by atoms with Gasteiger partial charge in [-0.2, -0.15) is 0 Å². The van der Waals surface area contributed by atoms with Crippen LogP contribution in [0.5, 0.6) is 5.75 Å². The van der Waals surface area contributed by atoms with Gasteiger partial charge in [0.15, 0.2) is 0 Å². The molecule has 0 saturated carbocycles. The first kappa shape index (κ1) is 18.7. The van der Waals surface area contributed by atoms with E-state index in [9.17, 15) is 0 Å². The first-order valence-corrected chi connectivity index (χ1v) is 8.87. The Labute approximate surface area is 160 Å². The number of ether oxygens (including phenoxy) is 2. The summed E-state index contributed by atoms with van der Waals surface area (Å²) >= 11 is 0. The van der Waals surface area contributed by atoms with Crippen LogP contribution < -0.4 is 4.74 Å². The van der Waals surface area contributed by atoms with E-state index in [2.05, 4.69) is 59.5 Å². The molecule has 4 rings (SSSR count). The Balaban J connectivity index is 0.00000196. The van der Waals surface area contributed by atoms with Crippen LogP contribution in [-0.4, -0.2) is 37.3 Å². The van der Waals surface area contributed by atoms with Crippen molar-refractivity contribution in [1.82, 2.24) is 4.90 Å². The van der Waals surface area contributed by atoms with E-state index in [4.69, 9.17) is 9.47 Å². The van der Waals surface area contributed by atoms with Crippen LogP contribution in [0.2, 0.25) is 0 Å². The van der Waals surface area contributed by atoms with Gasteiger partial charge < -0.3 is 9.47 Å². The van der Waals surface area contributed by atoms with E-state index in [0.717, 1.165) is 37.4 Å². The number of benzene rings is 3. The first-order chi connectivity index (χ1) is 12.4. The molecule has 1 heterocycles. The van der Waals surface area contributed by atoms with Gasteiger partial charge in [-0.1, -0.05) is 66.7 Å². The molecule has 26 heavy (non-hydrogen) atoms. The number of rotatable bonds is 5. The molecule has 3 aromatic carbocycles. The SMILES string of the molecule is Cl.c1ccc(CN2CCOC(COc3cccc4ccccc34)C2)cc1. The van der Waals surface area contributed by atoms with E-state index in [0.29, 0.717) is 6.61 Å². The van der Waals surface area contributed by atoms with Crippen molar-refractivity contribution in [1.29, 1.82) is 0 Å². The summed E-state index contributed by atoms with van der Waals surface area (Å²) in [5.74, 6) is 0.932. The number of morpholine rings is 1. The van der Waals surface area contributed by atoms with Crippen LogP contribution >= 0.6 is 12.4 Å². The quantitative estimate of drug-likeness (QED) is 0.659. The molecule has 1 aliphatic rings. The molecular formula is C22H24ClNO2. The molecule has 3 aromatic rings. The minimum atomic E-state index is 0. The molecule has 0 N–H and O–H groups in total. The van der Waals surface area contributed by atoms with E-state index in [1.807, 2.05) is 18.2 Å². The highest BCUT2D eigenvalue weighted by Gasteiger charge is 2.21. The van der Waals surface area contributed by atoms with Crippen LogP contribution in [0.3, 0.4) is 0 Å². The third-order valence-corrected chi connectivity index (χ3v) is 4.65. The van der Waals surface area contributed by atoms with Crippen molar-refractivity contribution >= 4 is 23.2 Å². The van der Waals surface area contributed by atoms with E-state index in [-0.39, 0.29) is 18.5 Å². The molecule has 0 bridgehead atoms. The van der Waals surface area contributed by atoms with Gasteiger partial charge >= 0.3 is 0 Å². The molecule has 136 valence electrons. The molecule has 1 saturated heterocycles. The summed E-state index contributed by atoms with van der Waals surface area (Å²) in [6.07, 6.45) is 0.108. The predicted octanol–water partition coefficient (Wildman–Crippen LogP) is 4.54.